The number of aliphatic hydroxyl groups excluding tert-OH is 1. The lowest BCUT2D eigenvalue weighted by Crippen LogP contribution is -2.62. The SMILES string of the molecule is CC[C@H](C)[C@H](NC(=O)[C@H](CCC(N)=O)NC(=O)[C@H](CCC(N)=O)NC(=O)[C@@H](NC(=O)[C@H](CCSC)NC(=O)CNC(=O)[C@@H](N)Cc1ccccc1)C(C)C)C(=O)N[C@@H](CCC(N)=O)C(=O)N[C@@H](CO)C(=O)N[C@H](C(=O)N[C@@H](CS)C(=O)N[C@@H](CCSC)C(=O)N[C@@H](CCC(=O)O)C(=O)N[C@@H](CS)C(=O)N[C@@H](CCC(N)=O)C(=O)O)C(C)C. The summed E-state index contributed by atoms with van der Waals surface area (Å²) in [5, 5.41) is 63.3. The van der Waals surface area contributed by atoms with Crippen molar-refractivity contribution in [3.8, 4) is 0 Å². The van der Waals surface area contributed by atoms with Crippen molar-refractivity contribution in [2.75, 3.05) is 48.7 Å². The fourth-order valence-electron chi connectivity index (χ4n) is 10.8. The fourth-order valence-corrected chi connectivity index (χ4v) is 12.3. The summed E-state index contributed by atoms with van der Waals surface area (Å²) in [6.07, 6.45) is -1.84. The molecule has 117 heavy (non-hydrogen) atoms. The zero-order valence-electron chi connectivity index (χ0n) is 66.4. The molecule has 0 saturated carbocycles. The van der Waals surface area contributed by atoms with E-state index in [-0.39, 0.29) is 31.4 Å². The Bertz CT molecular complexity index is 3590. The van der Waals surface area contributed by atoms with Gasteiger partial charge < -0.3 is 118 Å². The lowest BCUT2D eigenvalue weighted by molar-refractivity contribution is -0.142. The Balaban J connectivity index is 3.51. The number of nitrogens with two attached hydrogens (primary N) is 5. The zero-order valence-corrected chi connectivity index (χ0v) is 69.9. The standard InChI is InChI=1S/C71H115N19O23S4/c1-9-36(6)57(90-63(104)41(17-22-51(75)94)79-59(100)39(15-20-49(73)92)82-68(109)55(34(2)3)88-64(105)43(25-27-116-7)78-53(96)30-77-58(99)38(72)29-37-13-11-10-12-14-37)70(111)83-40(16-21-50(74)93)60(101)85-46(31-91)65(106)89-56(35(4)5)69(110)87-48(33-115)66(107)81-44(26-28-117-8)62(103)80-42(19-24-54(97)98)61(102)86-47(32-114)67(108)84-45(71(112)113)18-23-52(76)95/h10-14,34-36,38-48,55-57,91,114-115H,9,15-33,72H2,1-8H3,(H2,73,92)(H2,74,93)(H2,75,94)(H2,76,95)(H,77,99)(H,78,96)(H,79,100)(H,80,103)(H,81,107)(H,82,109)(H,83,111)(H,84,108)(H,85,101)(H,86,102)(H,87,110)(H,88,105)(H,89,106)(H,90,104)(H,97,98)(H,112,113)/t36-,38-,39-,40-,41-,42-,43-,44-,45-,46-,47-,48-,55-,56-,57-/m0/s1. The van der Waals surface area contributed by atoms with Crippen LogP contribution in [0.3, 0.4) is 0 Å². The highest BCUT2D eigenvalue weighted by Crippen LogP contribution is 2.16. The number of thiol groups is 2. The summed E-state index contributed by atoms with van der Waals surface area (Å²) in [6, 6.07) is -13.3. The minimum absolute atomic E-state index is 0.0520. The molecular weight excluding hydrogens is 1620 g/mol. The van der Waals surface area contributed by atoms with Crippen LogP contribution in [0.5, 0.6) is 0 Å². The maximum atomic E-state index is 14.5. The first-order chi connectivity index (χ1) is 55.0. The third-order valence-electron chi connectivity index (χ3n) is 17.8. The molecule has 46 heteroatoms. The van der Waals surface area contributed by atoms with Gasteiger partial charge in [0.15, 0.2) is 0 Å². The first kappa shape index (κ1) is 105. The quantitative estimate of drug-likeness (QED) is 0.0269. The van der Waals surface area contributed by atoms with Crippen LogP contribution in [0.15, 0.2) is 30.3 Å². The van der Waals surface area contributed by atoms with Gasteiger partial charge in [-0.15, -0.1) is 0 Å². The van der Waals surface area contributed by atoms with Gasteiger partial charge in [-0.1, -0.05) is 78.3 Å². The van der Waals surface area contributed by atoms with Crippen LogP contribution in [0.4, 0.5) is 0 Å². The minimum atomic E-state index is -1.94. The second-order valence-corrected chi connectivity index (χ2v) is 30.6. The van der Waals surface area contributed by atoms with Crippen LogP contribution >= 0.6 is 48.8 Å². The van der Waals surface area contributed by atoms with Crippen LogP contribution in [-0.4, -0.2) is 267 Å². The summed E-state index contributed by atoms with van der Waals surface area (Å²) >= 11 is 10.8. The zero-order chi connectivity index (χ0) is 88.9. The summed E-state index contributed by atoms with van der Waals surface area (Å²) in [5.74, 6) is -23.9. The molecule has 15 atom stereocenters. The highest BCUT2D eigenvalue weighted by Gasteiger charge is 2.40. The summed E-state index contributed by atoms with van der Waals surface area (Å²) in [4.78, 5) is 266. The van der Waals surface area contributed by atoms with Crippen LogP contribution in [-0.2, 0) is 102 Å². The van der Waals surface area contributed by atoms with E-state index in [9.17, 15) is 111 Å². The van der Waals surface area contributed by atoms with Gasteiger partial charge in [-0.05, 0) is 98.7 Å². The Morgan fingerprint density at radius 2 is 0.684 bits per heavy atom. The van der Waals surface area contributed by atoms with Crippen LogP contribution in [0, 0.1) is 17.8 Å². The summed E-state index contributed by atoms with van der Waals surface area (Å²) in [5.41, 5.74) is 28.3. The fraction of sp³-hybridized carbons (Fsp3) is 0.634. The number of thioether (sulfide) groups is 2. The lowest BCUT2D eigenvalue weighted by Gasteiger charge is -2.30. The molecule has 1 aromatic carbocycles. The molecule has 0 unspecified atom stereocenters. The molecule has 0 aliphatic heterocycles. The normalized spacial score (nSPS) is 14.9. The van der Waals surface area contributed by atoms with Crippen LogP contribution in [0.25, 0.3) is 0 Å². The van der Waals surface area contributed by atoms with Gasteiger partial charge in [-0.2, -0.15) is 48.8 Å². The van der Waals surface area contributed by atoms with Crippen LogP contribution < -0.4 is 103 Å². The Kier molecular flexibility index (Phi) is 49.8. The van der Waals surface area contributed by atoms with E-state index >= 15 is 0 Å². The number of carboxylic acid groups (broad SMARTS) is 2. The molecule has 656 valence electrons. The highest BCUT2D eigenvalue weighted by atomic mass is 32.2. The number of nitrogens with one attached hydrogen (secondary N) is 14. The molecular formula is C71H115N19O23S4. The number of amides is 18. The largest absolute Gasteiger partial charge is 0.481 e. The molecule has 0 bridgehead atoms. The topological polar surface area (TPSA) is 701 Å². The molecule has 0 fully saturated rings. The molecule has 0 aliphatic carbocycles. The highest BCUT2D eigenvalue weighted by molar-refractivity contribution is 7.98. The number of carbonyl (C=O) groups excluding carboxylic acids is 18. The van der Waals surface area contributed by atoms with E-state index in [2.05, 4.69) is 99.7 Å². The number of primary amides is 4. The molecule has 1 rings (SSSR count). The Labute approximate surface area is 696 Å². The number of hydrogen-bond donors (Lipinski definition) is 24. The summed E-state index contributed by atoms with van der Waals surface area (Å²) in [7, 11) is 0. The molecule has 0 aliphatic rings. The first-order valence-corrected chi connectivity index (χ1v) is 41.4. The van der Waals surface area contributed by atoms with Gasteiger partial charge in [0.25, 0.3) is 0 Å². The van der Waals surface area contributed by atoms with Gasteiger partial charge in [0.05, 0.1) is 19.2 Å². The van der Waals surface area contributed by atoms with Crippen molar-refractivity contribution < 1.29 is 111 Å². The van der Waals surface area contributed by atoms with Gasteiger partial charge >= 0.3 is 11.9 Å². The Morgan fingerprint density at radius 3 is 1.03 bits per heavy atom. The summed E-state index contributed by atoms with van der Waals surface area (Å²) in [6.45, 7) is 7.37. The molecule has 0 radical (unpaired) electrons. The smallest absolute Gasteiger partial charge is 0.326 e. The van der Waals surface area contributed by atoms with E-state index in [4.69, 9.17) is 28.7 Å². The average Bonchev–Trinajstić information content (AvgIpc) is 0.852. The molecule has 0 spiro atoms. The number of carbonyl (C=O) groups is 20. The summed E-state index contributed by atoms with van der Waals surface area (Å²) < 4.78 is 0. The number of hydrogen-bond acceptors (Lipinski definition) is 26. The second-order valence-electron chi connectivity index (χ2n) is 27.9. The Morgan fingerprint density at radius 1 is 0.385 bits per heavy atom. The van der Waals surface area contributed by atoms with Crippen molar-refractivity contribution in [3.05, 3.63) is 35.9 Å². The van der Waals surface area contributed by atoms with Crippen molar-refractivity contribution in [1.29, 1.82) is 0 Å². The predicted octanol–water partition coefficient (Wildman–Crippen LogP) is -7.30. The maximum Gasteiger partial charge on any atom is 0.326 e. The first-order valence-electron chi connectivity index (χ1n) is 37.4. The van der Waals surface area contributed by atoms with E-state index in [1.54, 1.807) is 63.6 Å². The van der Waals surface area contributed by atoms with Gasteiger partial charge in [-0.25, -0.2) is 4.79 Å². The lowest BCUT2D eigenvalue weighted by atomic mass is 9.96. The predicted molar refractivity (Wildman–Crippen MR) is 434 cm³/mol. The number of carboxylic acids is 2. The van der Waals surface area contributed by atoms with Gasteiger partial charge in [-0.3, -0.25) is 91.1 Å². The van der Waals surface area contributed by atoms with Crippen LogP contribution in [0.1, 0.15) is 131 Å². The molecule has 27 N–H and O–H groups in total. The molecule has 42 nitrogen and oxygen atoms in total. The van der Waals surface area contributed by atoms with Gasteiger partial charge in [0, 0.05) is 43.6 Å². The van der Waals surface area contributed by atoms with Crippen molar-refractivity contribution in [2.45, 2.75) is 216 Å². The van der Waals surface area contributed by atoms with Gasteiger partial charge in [0.2, 0.25) is 106 Å². The number of benzene rings is 1. The molecule has 0 saturated heterocycles. The second kappa shape index (κ2) is 55.5. The van der Waals surface area contributed by atoms with Crippen molar-refractivity contribution in [3.63, 3.8) is 0 Å². The number of aliphatic carboxylic acids is 2. The van der Waals surface area contributed by atoms with Crippen LogP contribution in [0.2, 0.25) is 0 Å². The van der Waals surface area contributed by atoms with E-state index in [0.29, 0.717) is 5.75 Å². The molecule has 1 aromatic rings. The average molecular weight is 1730 g/mol. The monoisotopic (exact) mass is 1730 g/mol. The van der Waals surface area contributed by atoms with E-state index in [0.717, 1.165) is 5.56 Å². The number of rotatable bonds is 59. The van der Waals surface area contributed by atoms with Crippen molar-refractivity contribution in [1.82, 2.24) is 74.4 Å². The van der Waals surface area contributed by atoms with E-state index < -0.39 is 309 Å². The molecule has 18 amide bonds. The Hall–Kier alpha value is -10.1. The maximum absolute atomic E-state index is 14.5. The minimum Gasteiger partial charge on any atom is -0.481 e. The molecule has 0 heterocycles. The van der Waals surface area contributed by atoms with Crippen molar-refractivity contribution >= 4 is 167 Å². The van der Waals surface area contributed by atoms with E-state index in [1.807, 2.05) is 0 Å². The third-order valence-corrected chi connectivity index (χ3v) is 19.8. The molecule has 0 aromatic heterocycles. The van der Waals surface area contributed by atoms with Gasteiger partial charge in [0.1, 0.15) is 78.5 Å². The van der Waals surface area contributed by atoms with Crippen molar-refractivity contribution in [2.24, 2.45) is 46.4 Å². The van der Waals surface area contributed by atoms with E-state index in [1.165, 1.54) is 44.3 Å². The number of aliphatic hydroxyl groups is 1. The third kappa shape index (κ3) is 40.6.